The van der Waals surface area contributed by atoms with Gasteiger partial charge in [-0.15, -0.1) is 0 Å². The van der Waals surface area contributed by atoms with E-state index in [1.54, 1.807) is 12.4 Å². The summed E-state index contributed by atoms with van der Waals surface area (Å²) in [5.74, 6) is 1.01. The number of halogens is 1. The number of carboxylic acid groups (broad SMARTS) is 1. The molecule has 1 amide bonds. The van der Waals surface area contributed by atoms with Crippen LogP contribution < -0.4 is 4.74 Å². The van der Waals surface area contributed by atoms with Crippen LogP contribution in [0.5, 0.6) is 5.88 Å². The SMILES string of the molecule is C[Si](C)(C)CCOCn1cc(-c2ccc(Br)cc2)nc1C1CC(Oc2cnccn2)CN1C(=O)O. The number of imidazole rings is 1. The first-order chi connectivity index (χ1) is 16.7. The fraction of sp³-hybridized carbons (Fsp3) is 0.417. The van der Waals surface area contributed by atoms with Crippen molar-refractivity contribution in [1.29, 1.82) is 0 Å². The molecule has 1 aromatic carbocycles. The predicted octanol–water partition coefficient (Wildman–Crippen LogP) is 5.29. The minimum atomic E-state index is -1.23. The van der Waals surface area contributed by atoms with Gasteiger partial charge in [-0.25, -0.2) is 14.8 Å². The Morgan fingerprint density at radius 1 is 1.23 bits per heavy atom. The predicted molar refractivity (Wildman–Crippen MR) is 138 cm³/mol. The summed E-state index contributed by atoms with van der Waals surface area (Å²) in [4.78, 5) is 26.6. The summed E-state index contributed by atoms with van der Waals surface area (Å²) in [6.45, 7) is 8.12. The number of hydrogen-bond donors (Lipinski definition) is 1. The van der Waals surface area contributed by atoms with Crippen LogP contribution in [-0.4, -0.2) is 62.9 Å². The largest absolute Gasteiger partial charge is 0.471 e. The van der Waals surface area contributed by atoms with Gasteiger partial charge in [-0.3, -0.25) is 9.88 Å². The minimum Gasteiger partial charge on any atom is -0.471 e. The van der Waals surface area contributed by atoms with Crippen LogP contribution in [0.25, 0.3) is 11.3 Å². The summed E-state index contributed by atoms with van der Waals surface area (Å²) < 4.78 is 14.9. The molecule has 1 aliphatic heterocycles. The van der Waals surface area contributed by atoms with Crippen molar-refractivity contribution < 1.29 is 19.4 Å². The van der Waals surface area contributed by atoms with Crippen LogP contribution in [0.4, 0.5) is 4.79 Å². The molecule has 0 aliphatic carbocycles. The molecule has 2 atom stereocenters. The molecule has 0 bridgehead atoms. The fourth-order valence-corrected chi connectivity index (χ4v) is 4.98. The van der Waals surface area contributed by atoms with Gasteiger partial charge < -0.3 is 19.1 Å². The number of nitrogens with zero attached hydrogens (tertiary/aromatic N) is 5. The van der Waals surface area contributed by atoms with E-state index in [2.05, 4.69) is 45.5 Å². The Kier molecular flexibility index (Phi) is 7.87. The number of ether oxygens (including phenoxy) is 2. The standard InChI is InChI=1S/C24H30BrN5O4Si/c1-35(2,3)11-10-33-16-29-15-20(17-4-6-18(25)7-5-17)28-23(29)21-12-19(14-30(21)24(31)32)34-22-13-26-8-9-27-22/h4-9,13,15,19,21H,10-12,14,16H2,1-3H3,(H,31,32). The third kappa shape index (κ3) is 6.68. The van der Waals surface area contributed by atoms with E-state index in [1.165, 1.54) is 11.1 Å². The summed E-state index contributed by atoms with van der Waals surface area (Å²) in [5.41, 5.74) is 1.72. The lowest BCUT2D eigenvalue weighted by Crippen LogP contribution is -2.32. The molecule has 0 spiro atoms. The van der Waals surface area contributed by atoms with Crippen molar-refractivity contribution in [1.82, 2.24) is 24.4 Å². The Labute approximate surface area is 214 Å². The fourth-order valence-electron chi connectivity index (χ4n) is 3.96. The highest BCUT2D eigenvalue weighted by molar-refractivity contribution is 9.10. The zero-order valence-electron chi connectivity index (χ0n) is 20.1. The zero-order chi connectivity index (χ0) is 25.0. The normalized spacial score (nSPS) is 18.1. The van der Waals surface area contributed by atoms with Crippen molar-refractivity contribution in [3.8, 4) is 17.1 Å². The number of carbonyl (C=O) groups is 1. The van der Waals surface area contributed by atoms with Crippen LogP contribution in [0.1, 0.15) is 18.3 Å². The van der Waals surface area contributed by atoms with Crippen LogP contribution in [0.2, 0.25) is 25.7 Å². The van der Waals surface area contributed by atoms with Crippen LogP contribution in [-0.2, 0) is 11.5 Å². The van der Waals surface area contributed by atoms with Gasteiger partial charge >= 0.3 is 6.09 Å². The van der Waals surface area contributed by atoms with E-state index < -0.39 is 20.2 Å². The van der Waals surface area contributed by atoms with Gasteiger partial charge in [0.1, 0.15) is 18.7 Å². The van der Waals surface area contributed by atoms with Crippen molar-refractivity contribution in [3.63, 3.8) is 0 Å². The Morgan fingerprint density at radius 2 is 2.00 bits per heavy atom. The average Bonchev–Trinajstić information content (AvgIpc) is 3.42. The van der Waals surface area contributed by atoms with E-state index in [4.69, 9.17) is 14.5 Å². The third-order valence-corrected chi connectivity index (χ3v) is 8.04. The maximum atomic E-state index is 12.2. The van der Waals surface area contributed by atoms with Crippen molar-refractivity contribution in [2.75, 3.05) is 13.2 Å². The maximum absolute atomic E-state index is 12.2. The van der Waals surface area contributed by atoms with Gasteiger partial charge in [0.25, 0.3) is 0 Å². The first kappa shape index (κ1) is 25.3. The van der Waals surface area contributed by atoms with E-state index in [0.717, 1.165) is 21.8 Å². The molecule has 1 fully saturated rings. The van der Waals surface area contributed by atoms with Gasteiger partial charge in [0.05, 0.1) is 24.5 Å². The Hall–Kier alpha value is -2.76. The van der Waals surface area contributed by atoms with Gasteiger partial charge in [-0.05, 0) is 18.2 Å². The van der Waals surface area contributed by atoms with E-state index in [-0.39, 0.29) is 12.6 Å². The van der Waals surface area contributed by atoms with Gasteiger partial charge in [0.15, 0.2) is 0 Å². The number of amides is 1. The molecular weight excluding hydrogens is 530 g/mol. The third-order valence-electron chi connectivity index (χ3n) is 5.81. The van der Waals surface area contributed by atoms with Crippen LogP contribution in [0, 0.1) is 0 Å². The lowest BCUT2D eigenvalue weighted by Gasteiger charge is -2.22. The van der Waals surface area contributed by atoms with Crippen molar-refractivity contribution in [2.24, 2.45) is 0 Å². The molecule has 35 heavy (non-hydrogen) atoms. The number of likely N-dealkylation sites (tertiary alicyclic amines) is 1. The molecule has 4 rings (SSSR count). The summed E-state index contributed by atoms with van der Waals surface area (Å²) in [6, 6.07) is 8.46. The number of aromatic nitrogens is 4. The molecule has 3 aromatic rings. The summed E-state index contributed by atoms with van der Waals surface area (Å²) in [6.07, 6.45) is 5.65. The molecule has 3 heterocycles. The Morgan fingerprint density at radius 3 is 2.66 bits per heavy atom. The molecule has 0 saturated carbocycles. The van der Waals surface area contributed by atoms with Gasteiger partial charge in [0.2, 0.25) is 5.88 Å². The monoisotopic (exact) mass is 559 g/mol. The van der Waals surface area contributed by atoms with Crippen LogP contribution in [0.3, 0.4) is 0 Å². The van der Waals surface area contributed by atoms with Crippen molar-refractivity contribution >= 4 is 30.1 Å². The van der Waals surface area contributed by atoms with Gasteiger partial charge in [0, 0.05) is 49.7 Å². The molecule has 0 radical (unpaired) electrons. The molecule has 186 valence electrons. The Balaban J connectivity index is 1.60. The van der Waals surface area contributed by atoms with Crippen molar-refractivity contribution in [3.05, 3.63) is 59.3 Å². The van der Waals surface area contributed by atoms with E-state index in [0.29, 0.717) is 31.5 Å². The summed E-state index contributed by atoms with van der Waals surface area (Å²) in [5, 5.41) is 9.95. The van der Waals surface area contributed by atoms with Crippen LogP contribution in [0.15, 0.2) is 53.5 Å². The Bertz CT molecular complexity index is 1140. The number of rotatable bonds is 9. The molecule has 11 heteroatoms. The average molecular weight is 561 g/mol. The van der Waals surface area contributed by atoms with Gasteiger partial charge in [-0.2, -0.15) is 0 Å². The zero-order valence-corrected chi connectivity index (χ0v) is 22.7. The number of hydrogen-bond acceptors (Lipinski definition) is 6. The molecule has 2 unspecified atom stereocenters. The second-order valence-corrected chi connectivity index (χ2v) is 16.3. The quantitative estimate of drug-likeness (QED) is 0.280. The molecular formula is C24H30BrN5O4Si. The van der Waals surface area contributed by atoms with Crippen LogP contribution >= 0.6 is 15.9 Å². The second kappa shape index (κ2) is 10.9. The lowest BCUT2D eigenvalue weighted by molar-refractivity contribution is 0.0805. The maximum Gasteiger partial charge on any atom is 0.408 e. The van der Waals surface area contributed by atoms with Gasteiger partial charge in [-0.1, -0.05) is 47.7 Å². The van der Waals surface area contributed by atoms with E-state index in [1.807, 2.05) is 35.0 Å². The minimum absolute atomic E-state index is 0.216. The number of benzene rings is 1. The van der Waals surface area contributed by atoms with E-state index >= 15 is 0 Å². The second-order valence-electron chi connectivity index (χ2n) is 9.78. The topological polar surface area (TPSA) is 103 Å². The summed E-state index contributed by atoms with van der Waals surface area (Å²) in [7, 11) is -1.23. The van der Waals surface area contributed by atoms with E-state index in [9.17, 15) is 9.90 Å². The lowest BCUT2D eigenvalue weighted by atomic mass is 10.1. The van der Waals surface area contributed by atoms with Crippen molar-refractivity contribution in [2.45, 2.75) is 51.0 Å². The smallest absolute Gasteiger partial charge is 0.408 e. The highest BCUT2D eigenvalue weighted by Crippen LogP contribution is 2.35. The molecule has 1 N–H and O–H groups in total. The molecule has 1 aliphatic rings. The highest BCUT2D eigenvalue weighted by Gasteiger charge is 2.40. The summed E-state index contributed by atoms with van der Waals surface area (Å²) >= 11 is 3.47. The molecule has 2 aromatic heterocycles. The molecule has 9 nitrogen and oxygen atoms in total. The first-order valence-corrected chi connectivity index (χ1v) is 16.0. The highest BCUT2D eigenvalue weighted by atomic mass is 79.9. The first-order valence-electron chi connectivity index (χ1n) is 11.5. The molecule has 1 saturated heterocycles.